The average Bonchev–Trinajstić information content (AvgIpc) is 2.86. The molecular weight excluding hydrogens is 348 g/mol. The second kappa shape index (κ2) is 7.38. The van der Waals surface area contributed by atoms with Gasteiger partial charge in [0.1, 0.15) is 10.8 Å². The molecule has 1 unspecified atom stereocenters. The molecule has 1 N–H and O–H groups in total. The smallest absolute Gasteiger partial charge is 0.119 e. The zero-order chi connectivity index (χ0) is 15.4. The number of methoxy groups -OCH3 is 1. The maximum atomic E-state index is 5.36. The van der Waals surface area contributed by atoms with Gasteiger partial charge in [0, 0.05) is 9.35 Å². The molecule has 0 saturated heterocycles. The van der Waals surface area contributed by atoms with Crippen LogP contribution in [0.2, 0.25) is 0 Å². The molecule has 0 fully saturated rings. The fourth-order valence-electron chi connectivity index (χ4n) is 2.31. The van der Waals surface area contributed by atoms with Crippen LogP contribution in [0.4, 0.5) is 0 Å². The third kappa shape index (κ3) is 3.65. The monoisotopic (exact) mass is 368 g/mol. The minimum atomic E-state index is 0.0866. The van der Waals surface area contributed by atoms with Crippen molar-refractivity contribution in [3.63, 3.8) is 0 Å². The highest BCUT2D eigenvalue weighted by molar-refractivity contribution is 9.10. The van der Waals surface area contributed by atoms with Gasteiger partial charge in [-0.05, 0) is 43.7 Å². The van der Waals surface area contributed by atoms with Crippen LogP contribution < -0.4 is 10.1 Å². The average molecular weight is 369 g/mol. The van der Waals surface area contributed by atoms with Gasteiger partial charge in [-0.1, -0.05) is 29.8 Å². The molecule has 1 aromatic carbocycles. The standard InChI is InChI=1S/C16H21BrN2OS/c1-5-14-10(3)21-16(19-14)15(18-6-2)12-9-11(20-4)7-8-13(12)17/h7-9,15,18H,5-6H2,1-4H3. The molecule has 114 valence electrons. The first-order valence-electron chi connectivity index (χ1n) is 7.13. The maximum Gasteiger partial charge on any atom is 0.119 e. The zero-order valence-corrected chi connectivity index (χ0v) is 15.3. The molecule has 1 atom stereocenters. The Kier molecular flexibility index (Phi) is 5.79. The predicted octanol–water partition coefficient (Wildman–Crippen LogP) is 4.48. The number of benzene rings is 1. The minimum Gasteiger partial charge on any atom is -0.497 e. The van der Waals surface area contributed by atoms with Gasteiger partial charge in [-0.3, -0.25) is 0 Å². The van der Waals surface area contributed by atoms with E-state index >= 15 is 0 Å². The summed E-state index contributed by atoms with van der Waals surface area (Å²) >= 11 is 5.42. The number of rotatable bonds is 6. The molecule has 0 aliphatic carbocycles. The van der Waals surface area contributed by atoms with Crippen LogP contribution >= 0.6 is 27.3 Å². The van der Waals surface area contributed by atoms with Crippen molar-refractivity contribution in [3.05, 3.63) is 43.8 Å². The summed E-state index contributed by atoms with van der Waals surface area (Å²) in [7, 11) is 1.69. The largest absolute Gasteiger partial charge is 0.497 e. The van der Waals surface area contributed by atoms with E-state index < -0.39 is 0 Å². The number of aromatic nitrogens is 1. The first-order chi connectivity index (χ1) is 10.1. The van der Waals surface area contributed by atoms with E-state index in [0.717, 1.165) is 33.8 Å². The minimum absolute atomic E-state index is 0.0866. The molecule has 2 rings (SSSR count). The van der Waals surface area contributed by atoms with E-state index in [2.05, 4.69) is 48.1 Å². The maximum absolute atomic E-state index is 5.36. The highest BCUT2D eigenvalue weighted by Gasteiger charge is 2.21. The van der Waals surface area contributed by atoms with Crippen molar-refractivity contribution in [2.45, 2.75) is 33.2 Å². The summed E-state index contributed by atoms with van der Waals surface area (Å²) in [4.78, 5) is 6.11. The molecule has 0 radical (unpaired) electrons. The lowest BCUT2D eigenvalue weighted by molar-refractivity contribution is 0.413. The number of hydrogen-bond donors (Lipinski definition) is 1. The number of halogens is 1. The Morgan fingerprint density at radius 2 is 2.14 bits per heavy atom. The summed E-state index contributed by atoms with van der Waals surface area (Å²) in [6.07, 6.45) is 0.973. The van der Waals surface area contributed by atoms with E-state index in [-0.39, 0.29) is 6.04 Å². The van der Waals surface area contributed by atoms with Crippen LogP contribution in [0.3, 0.4) is 0 Å². The first-order valence-corrected chi connectivity index (χ1v) is 8.74. The lowest BCUT2D eigenvalue weighted by Gasteiger charge is -2.18. The lowest BCUT2D eigenvalue weighted by atomic mass is 10.1. The first kappa shape index (κ1) is 16.5. The summed E-state index contributed by atoms with van der Waals surface area (Å²) in [5.41, 5.74) is 2.35. The van der Waals surface area contributed by atoms with E-state index in [1.807, 2.05) is 12.1 Å². The topological polar surface area (TPSA) is 34.2 Å². The van der Waals surface area contributed by atoms with Crippen LogP contribution in [-0.4, -0.2) is 18.6 Å². The zero-order valence-electron chi connectivity index (χ0n) is 12.9. The molecule has 0 amide bonds. The van der Waals surface area contributed by atoms with E-state index in [9.17, 15) is 0 Å². The number of ether oxygens (including phenoxy) is 1. The van der Waals surface area contributed by atoms with E-state index in [4.69, 9.17) is 9.72 Å². The molecule has 1 heterocycles. The van der Waals surface area contributed by atoms with Crippen molar-refractivity contribution in [1.82, 2.24) is 10.3 Å². The number of hydrogen-bond acceptors (Lipinski definition) is 4. The fraction of sp³-hybridized carbons (Fsp3) is 0.438. The van der Waals surface area contributed by atoms with E-state index in [1.54, 1.807) is 18.4 Å². The molecule has 21 heavy (non-hydrogen) atoms. The third-order valence-electron chi connectivity index (χ3n) is 3.41. The van der Waals surface area contributed by atoms with Gasteiger partial charge in [0.2, 0.25) is 0 Å². The third-order valence-corrected chi connectivity index (χ3v) is 5.21. The molecule has 0 aliphatic heterocycles. The molecule has 3 nitrogen and oxygen atoms in total. The number of aryl methyl sites for hydroxylation is 2. The van der Waals surface area contributed by atoms with Crippen LogP contribution in [0.15, 0.2) is 22.7 Å². The van der Waals surface area contributed by atoms with Crippen LogP contribution in [-0.2, 0) is 6.42 Å². The Bertz CT molecular complexity index is 612. The Labute approximate surface area is 138 Å². The van der Waals surface area contributed by atoms with Crippen LogP contribution in [0, 0.1) is 6.92 Å². The molecule has 2 aromatic rings. The van der Waals surface area contributed by atoms with Gasteiger partial charge in [-0.2, -0.15) is 0 Å². The summed E-state index contributed by atoms with van der Waals surface area (Å²) in [6.45, 7) is 7.29. The van der Waals surface area contributed by atoms with Crippen molar-refractivity contribution in [3.8, 4) is 5.75 Å². The second-order valence-electron chi connectivity index (χ2n) is 4.79. The van der Waals surface area contributed by atoms with E-state index in [0.29, 0.717) is 0 Å². The molecule has 0 aliphatic rings. The van der Waals surface area contributed by atoms with Gasteiger partial charge in [0.15, 0.2) is 0 Å². The van der Waals surface area contributed by atoms with Gasteiger partial charge in [0.25, 0.3) is 0 Å². The SMILES string of the molecule is CCNC(c1nc(CC)c(C)s1)c1cc(OC)ccc1Br. The second-order valence-corrected chi connectivity index (χ2v) is 6.88. The fourth-order valence-corrected chi connectivity index (χ4v) is 3.89. The summed E-state index contributed by atoms with van der Waals surface area (Å²) < 4.78 is 6.43. The van der Waals surface area contributed by atoms with Crippen molar-refractivity contribution >= 4 is 27.3 Å². The van der Waals surface area contributed by atoms with Gasteiger partial charge in [-0.15, -0.1) is 11.3 Å². The molecule has 0 bridgehead atoms. The van der Waals surface area contributed by atoms with Crippen LogP contribution in [0.5, 0.6) is 5.75 Å². The summed E-state index contributed by atoms with van der Waals surface area (Å²) in [5.74, 6) is 0.861. The quantitative estimate of drug-likeness (QED) is 0.815. The summed E-state index contributed by atoms with van der Waals surface area (Å²) in [5, 5.41) is 4.65. The van der Waals surface area contributed by atoms with Gasteiger partial charge in [-0.25, -0.2) is 4.98 Å². The normalized spacial score (nSPS) is 12.4. The number of nitrogens with one attached hydrogen (secondary N) is 1. The Morgan fingerprint density at radius 3 is 2.71 bits per heavy atom. The molecular formula is C16H21BrN2OS. The van der Waals surface area contributed by atoms with Crippen LogP contribution in [0.25, 0.3) is 0 Å². The van der Waals surface area contributed by atoms with Gasteiger partial charge >= 0.3 is 0 Å². The molecule has 0 saturated carbocycles. The Morgan fingerprint density at radius 1 is 1.38 bits per heavy atom. The highest BCUT2D eigenvalue weighted by Crippen LogP contribution is 2.34. The molecule has 5 heteroatoms. The van der Waals surface area contributed by atoms with E-state index in [1.165, 1.54) is 10.6 Å². The Balaban J connectivity index is 2.47. The highest BCUT2D eigenvalue weighted by atomic mass is 79.9. The molecule has 0 spiro atoms. The van der Waals surface area contributed by atoms with Gasteiger partial charge in [0.05, 0.1) is 18.8 Å². The number of nitrogens with zero attached hydrogens (tertiary/aromatic N) is 1. The van der Waals surface area contributed by atoms with Crippen molar-refractivity contribution in [1.29, 1.82) is 0 Å². The van der Waals surface area contributed by atoms with Crippen LogP contribution in [0.1, 0.15) is 41.0 Å². The molecule has 1 aromatic heterocycles. The Hall–Kier alpha value is -0.910. The lowest BCUT2D eigenvalue weighted by Crippen LogP contribution is -2.22. The van der Waals surface area contributed by atoms with Gasteiger partial charge < -0.3 is 10.1 Å². The van der Waals surface area contributed by atoms with Crippen molar-refractivity contribution in [2.75, 3.05) is 13.7 Å². The van der Waals surface area contributed by atoms with Crippen molar-refractivity contribution < 1.29 is 4.74 Å². The van der Waals surface area contributed by atoms with Crippen molar-refractivity contribution in [2.24, 2.45) is 0 Å². The number of thiazole rings is 1. The predicted molar refractivity (Wildman–Crippen MR) is 92.4 cm³/mol. The summed E-state index contributed by atoms with van der Waals surface area (Å²) in [6, 6.07) is 6.14.